The van der Waals surface area contributed by atoms with E-state index >= 15 is 0 Å². The molecule has 1 heterocycles. The third-order valence-electron chi connectivity index (χ3n) is 4.69. The highest BCUT2D eigenvalue weighted by atomic mass is 32.2. The van der Waals surface area contributed by atoms with E-state index in [0.29, 0.717) is 29.9 Å². The number of nitrogens with one attached hydrogen (secondary N) is 1. The lowest BCUT2D eigenvalue weighted by molar-refractivity contribution is -0.385. The second-order valence-corrected chi connectivity index (χ2v) is 7.99. The molecule has 12 heteroatoms. The standard InChI is InChI=1S/C21H19F3N4O4S/c1-2-3-10-27-19(30)14-6-4-5-7-16(14)26-20(27)33-12-18(29)25-17-9-8-13(28(31)32)11-15(17)21(22,23)24/h4-9,11H,2-3,10,12H2,1H3,(H,25,29). The largest absolute Gasteiger partial charge is 0.418 e. The molecule has 0 radical (unpaired) electrons. The van der Waals surface area contributed by atoms with Crippen LogP contribution in [0, 0.1) is 10.1 Å². The van der Waals surface area contributed by atoms with Gasteiger partial charge in [-0.15, -0.1) is 0 Å². The molecule has 0 atom stereocenters. The molecule has 1 amide bonds. The number of nitro benzene ring substituents is 1. The van der Waals surface area contributed by atoms with E-state index in [-0.39, 0.29) is 16.5 Å². The maximum absolute atomic E-state index is 13.3. The van der Waals surface area contributed by atoms with E-state index < -0.39 is 33.9 Å². The van der Waals surface area contributed by atoms with Crippen molar-refractivity contribution in [2.24, 2.45) is 0 Å². The van der Waals surface area contributed by atoms with Gasteiger partial charge in [0.2, 0.25) is 5.91 Å². The van der Waals surface area contributed by atoms with Gasteiger partial charge >= 0.3 is 6.18 Å². The Morgan fingerprint density at radius 2 is 1.97 bits per heavy atom. The van der Waals surface area contributed by atoms with Gasteiger partial charge in [0.05, 0.1) is 32.8 Å². The number of hydrogen-bond acceptors (Lipinski definition) is 6. The minimum absolute atomic E-state index is 0.258. The van der Waals surface area contributed by atoms with E-state index in [1.165, 1.54) is 4.57 Å². The lowest BCUT2D eigenvalue weighted by Crippen LogP contribution is -2.24. The molecule has 1 aromatic heterocycles. The van der Waals surface area contributed by atoms with E-state index in [1.54, 1.807) is 24.3 Å². The number of aromatic nitrogens is 2. The molecule has 0 unspecified atom stereocenters. The molecule has 0 aliphatic rings. The van der Waals surface area contributed by atoms with Crippen molar-refractivity contribution in [2.75, 3.05) is 11.1 Å². The molecule has 8 nitrogen and oxygen atoms in total. The number of unbranched alkanes of at least 4 members (excludes halogenated alkanes) is 1. The summed E-state index contributed by atoms with van der Waals surface area (Å²) in [6.07, 6.45) is -3.37. The number of para-hydroxylation sites is 1. The highest BCUT2D eigenvalue weighted by Crippen LogP contribution is 2.37. The molecular weight excluding hydrogens is 461 g/mol. The van der Waals surface area contributed by atoms with Crippen molar-refractivity contribution in [1.29, 1.82) is 0 Å². The minimum Gasteiger partial charge on any atom is -0.325 e. The summed E-state index contributed by atoms with van der Waals surface area (Å²) < 4.78 is 41.4. The topological polar surface area (TPSA) is 107 Å². The summed E-state index contributed by atoms with van der Waals surface area (Å²) in [6, 6.07) is 8.85. The Kier molecular flexibility index (Phi) is 7.36. The number of thioether (sulfide) groups is 1. The average molecular weight is 480 g/mol. The first-order chi connectivity index (χ1) is 15.6. The Balaban J connectivity index is 1.84. The maximum Gasteiger partial charge on any atom is 0.418 e. The fraction of sp³-hybridized carbons (Fsp3) is 0.286. The van der Waals surface area contributed by atoms with Crippen LogP contribution in [0.1, 0.15) is 25.3 Å². The van der Waals surface area contributed by atoms with Crippen LogP contribution in [-0.4, -0.2) is 26.1 Å². The summed E-state index contributed by atoms with van der Waals surface area (Å²) in [4.78, 5) is 39.6. The molecule has 0 bridgehead atoms. The normalized spacial score (nSPS) is 11.5. The molecule has 174 valence electrons. The summed E-state index contributed by atoms with van der Waals surface area (Å²) in [5.41, 5.74) is -2.46. The van der Waals surface area contributed by atoms with Crippen LogP contribution in [0.15, 0.2) is 52.4 Å². The molecule has 0 saturated carbocycles. The number of carbonyl (C=O) groups excluding carboxylic acids is 1. The van der Waals surface area contributed by atoms with E-state index in [9.17, 15) is 32.9 Å². The van der Waals surface area contributed by atoms with Gasteiger partial charge in [-0.25, -0.2) is 4.98 Å². The van der Waals surface area contributed by atoms with Crippen LogP contribution in [0.5, 0.6) is 0 Å². The number of carbonyl (C=O) groups is 1. The molecule has 3 rings (SSSR count). The van der Waals surface area contributed by atoms with Crippen molar-refractivity contribution in [3.63, 3.8) is 0 Å². The fourth-order valence-electron chi connectivity index (χ4n) is 3.08. The van der Waals surface area contributed by atoms with E-state index in [4.69, 9.17) is 0 Å². The Labute approximate surface area is 190 Å². The zero-order chi connectivity index (χ0) is 24.2. The quantitative estimate of drug-likeness (QED) is 0.214. The minimum atomic E-state index is -4.90. The molecule has 0 fully saturated rings. The summed E-state index contributed by atoms with van der Waals surface area (Å²) in [5.74, 6) is -1.09. The Hall–Kier alpha value is -3.41. The highest BCUT2D eigenvalue weighted by Gasteiger charge is 2.35. The van der Waals surface area contributed by atoms with Gasteiger partial charge in [-0.1, -0.05) is 37.2 Å². The highest BCUT2D eigenvalue weighted by molar-refractivity contribution is 7.99. The number of anilines is 1. The molecular formula is C21H19F3N4O4S. The molecule has 0 aliphatic carbocycles. The molecule has 3 aromatic rings. The molecule has 0 aliphatic heterocycles. The van der Waals surface area contributed by atoms with Crippen molar-refractivity contribution in [1.82, 2.24) is 9.55 Å². The number of nitrogens with zero attached hydrogens (tertiary/aromatic N) is 3. The Morgan fingerprint density at radius 1 is 1.24 bits per heavy atom. The van der Waals surface area contributed by atoms with Crippen molar-refractivity contribution < 1.29 is 22.9 Å². The fourth-order valence-corrected chi connectivity index (χ4v) is 3.90. The Bertz CT molecular complexity index is 1260. The van der Waals surface area contributed by atoms with Gasteiger partial charge in [-0.3, -0.25) is 24.3 Å². The molecule has 1 N–H and O–H groups in total. The lowest BCUT2D eigenvalue weighted by Gasteiger charge is -2.15. The van der Waals surface area contributed by atoms with Crippen LogP contribution in [0.25, 0.3) is 10.9 Å². The summed E-state index contributed by atoms with van der Waals surface area (Å²) in [6.45, 7) is 2.35. The number of nitro groups is 1. The first-order valence-electron chi connectivity index (χ1n) is 9.89. The number of amides is 1. The van der Waals surface area contributed by atoms with Crippen molar-refractivity contribution in [3.05, 3.63) is 68.5 Å². The first-order valence-corrected chi connectivity index (χ1v) is 10.9. The molecule has 33 heavy (non-hydrogen) atoms. The van der Waals surface area contributed by atoms with E-state index in [2.05, 4.69) is 10.3 Å². The van der Waals surface area contributed by atoms with Crippen molar-refractivity contribution in [3.8, 4) is 0 Å². The van der Waals surface area contributed by atoms with Crippen LogP contribution in [-0.2, 0) is 17.5 Å². The van der Waals surface area contributed by atoms with Crippen LogP contribution in [0.3, 0.4) is 0 Å². The lowest BCUT2D eigenvalue weighted by atomic mass is 10.1. The smallest absolute Gasteiger partial charge is 0.325 e. The number of halogens is 3. The van der Waals surface area contributed by atoms with Crippen LogP contribution < -0.4 is 10.9 Å². The second kappa shape index (κ2) is 10.0. The van der Waals surface area contributed by atoms with Gasteiger partial charge < -0.3 is 5.32 Å². The van der Waals surface area contributed by atoms with Gasteiger partial charge in [0.25, 0.3) is 11.2 Å². The van der Waals surface area contributed by atoms with Crippen LogP contribution >= 0.6 is 11.8 Å². The second-order valence-electron chi connectivity index (χ2n) is 7.04. The summed E-state index contributed by atoms with van der Waals surface area (Å²) in [7, 11) is 0. The van der Waals surface area contributed by atoms with Gasteiger partial charge in [-0.05, 0) is 24.6 Å². The predicted molar refractivity (Wildman–Crippen MR) is 118 cm³/mol. The van der Waals surface area contributed by atoms with Crippen LogP contribution in [0.2, 0.25) is 0 Å². The van der Waals surface area contributed by atoms with Gasteiger partial charge in [0.15, 0.2) is 5.16 Å². The zero-order valence-corrected chi connectivity index (χ0v) is 18.2. The Morgan fingerprint density at radius 3 is 2.64 bits per heavy atom. The summed E-state index contributed by atoms with van der Waals surface area (Å²) in [5, 5.41) is 13.7. The van der Waals surface area contributed by atoms with Crippen molar-refractivity contribution >= 4 is 39.9 Å². The van der Waals surface area contributed by atoms with Gasteiger partial charge in [0.1, 0.15) is 0 Å². The number of rotatable bonds is 8. The first kappa shape index (κ1) is 24.2. The molecule has 0 saturated heterocycles. The zero-order valence-electron chi connectivity index (χ0n) is 17.4. The SMILES string of the molecule is CCCCn1c(SCC(=O)Nc2ccc([N+](=O)[O-])cc2C(F)(F)F)nc2ccccc2c1=O. The number of fused-ring (bicyclic) bond motifs is 1. The number of alkyl halides is 3. The van der Waals surface area contributed by atoms with Crippen molar-refractivity contribution in [2.45, 2.75) is 37.6 Å². The van der Waals surface area contributed by atoms with Gasteiger partial charge in [-0.2, -0.15) is 13.2 Å². The predicted octanol–water partition coefficient (Wildman–Crippen LogP) is 4.85. The number of benzene rings is 2. The third kappa shape index (κ3) is 5.69. The molecule has 0 spiro atoms. The van der Waals surface area contributed by atoms with E-state index in [1.807, 2.05) is 6.92 Å². The third-order valence-corrected chi connectivity index (χ3v) is 5.66. The van der Waals surface area contributed by atoms with E-state index in [0.717, 1.165) is 30.3 Å². The monoisotopic (exact) mass is 480 g/mol. The average Bonchev–Trinajstić information content (AvgIpc) is 2.76. The number of non-ortho nitro benzene ring substituents is 1. The van der Waals surface area contributed by atoms with Crippen LogP contribution in [0.4, 0.5) is 24.5 Å². The maximum atomic E-state index is 13.3. The number of hydrogen-bond donors (Lipinski definition) is 1. The van der Waals surface area contributed by atoms with Gasteiger partial charge in [0, 0.05) is 18.7 Å². The summed E-state index contributed by atoms with van der Waals surface area (Å²) >= 11 is 0.926. The molecule has 2 aromatic carbocycles.